The highest BCUT2D eigenvalue weighted by molar-refractivity contribution is 5.68. The molecular formula is C8H11NO4. The second kappa shape index (κ2) is 3.35. The SMILES string of the molecule is CCOC(=O)N1CC2C=CC1OO2. The van der Waals surface area contributed by atoms with Gasteiger partial charge in [-0.3, -0.25) is 4.90 Å². The first-order valence-corrected chi connectivity index (χ1v) is 4.25. The summed E-state index contributed by atoms with van der Waals surface area (Å²) in [6.45, 7) is 2.64. The Kier molecular flexibility index (Phi) is 2.20. The van der Waals surface area contributed by atoms with Crippen molar-refractivity contribution in [2.45, 2.75) is 19.3 Å². The zero-order valence-corrected chi connectivity index (χ0v) is 7.30. The van der Waals surface area contributed by atoms with Crippen molar-refractivity contribution in [3.8, 4) is 0 Å². The summed E-state index contributed by atoms with van der Waals surface area (Å²) in [5, 5.41) is 0. The highest BCUT2D eigenvalue weighted by Crippen LogP contribution is 2.21. The summed E-state index contributed by atoms with van der Waals surface area (Å²) < 4.78 is 4.85. The van der Waals surface area contributed by atoms with Crippen LogP contribution in [0.25, 0.3) is 0 Å². The third-order valence-corrected chi connectivity index (χ3v) is 1.95. The van der Waals surface area contributed by atoms with Crippen LogP contribution in [0, 0.1) is 0 Å². The van der Waals surface area contributed by atoms with Crippen molar-refractivity contribution < 1.29 is 19.3 Å². The molecule has 3 aliphatic heterocycles. The number of hydrogen-bond acceptors (Lipinski definition) is 4. The third-order valence-electron chi connectivity index (χ3n) is 1.95. The van der Waals surface area contributed by atoms with Gasteiger partial charge in [-0.05, 0) is 13.0 Å². The van der Waals surface area contributed by atoms with E-state index in [9.17, 15) is 4.79 Å². The minimum absolute atomic E-state index is 0.158. The molecule has 0 radical (unpaired) electrons. The molecule has 0 saturated carbocycles. The van der Waals surface area contributed by atoms with Crippen molar-refractivity contribution in [3.05, 3.63) is 12.2 Å². The van der Waals surface area contributed by atoms with Gasteiger partial charge < -0.3 is 4.74 Å². The molecule has 0 aromatic carbocycles. The quantitative estimate of drug-likeness (QED) is 0.445. The van der Waals surface area contributed by atoms with E-state index in [1.165, 1.54) is 4.90 Å². The second-order valence-corrected chi connectivity index (χ2v) is 2.86. The van der Waals surface area contributed by atoms with Crippen molar-refractivity contribution in [3.63, 3.8) is 0 Å². The van der Waals surface area contributed by atoms with Gasteiger partial charge in [0.2, 0.25) is 0 Å². The fourth-order valence-corrected chi connectivity index (χ4v) is 1.34. The normalized spacial score (nSPS) is 30.7. The number of ether oxygens (including phenoxy) is 1. The molecule has 1 fully saturated rings. The van der Waals surface area contributed by atoms with Crippen molar-refractivity contribution in [2.24, 2.45) is 0 Å². The Bertz CT molecular complexity index is 240. The number of fused-ring (bicyclic) bond motifs is 2. The van der Waals surface area contributed by atoms with E-state index in [1.54, 1.807) is 13.0 Å². The maximum Gasteiger partial charge on any atom is 0.412 e. The van der Waals surface area contributed by atoms with Gasteiger partial charge in [0.05, 0.1) is 13.2 Å². The van der Waals surface area contributed by atoms with E-state index in [0.717, 1.165) is 0 Å². The molecule has 3 heterocycles. The smallest absolute Gasteiger partial charge is 0.412 e. The van der Waals surface area contributed by atoms with Gasteiger partial charge in [0.25, 0.3) is 0 Å². The lowest BCUT2D eigenvalue weighted by atomic mass is 10.2. The first-order valence-electron chi connectivity index (χ1n) is 4.25. The average molecular weight is 185 g/mol. The molecule has 2 atom stereocenters. The van der Waals surface area contributed by atoms with Crippen LogP contribution in [0.2, 0.25) is 0 Å². The predicted octanol–water partition coefficient (Wildman–Crippen LogP) is 0.671. The molecule has 0 N–H and O–H groups in total. The van der Waals surface area contributed by atoms with Gasteiger partial charge in [0.1, 0.15) is 6.10 Å². The molecule has 1 saturated heterocycles. The molecule has 2 unspecified atom stereocenters. The van der Waals surface area contributed by atoms with Crippen LogP contribution >= 0.6 is 0 Å². The fourth-order valence-electron chi connectivity index (χ4n) is 1.34. The van der Waals surface area contributed by atoms with Crippen LogP contribution in [0.4, 0.5) is 4.79 Å². The third kappa shape index (κ3) is 1.52. The summed E-state index contributed by atoms with van der Waals surface area (Å²) in [6.07, 6.45) is 2.72. The summed E-state index contributed by atoms with van der Waals surface area (Å²) >= 11 is 0. The Labute approximate surface area is 75.8 Å². The lowest BCUT2D eigenvalue weighted by Crippen LogP contribution is -2.52. The van der Waals surface area contributed by atoms with Crippen LogP contribution in [-0.2, 0) is 14.5 Å². The molecule has 3 rings (SSSR count). The Hall–Kier alpha value is -1.07. The van der Waals surface area contributed by atoms with E-state index in [2.05, 4.69) is 0 Å². The lowest BCUT2D eigenvalue weighted by Gasteiger charge is -2.38. The molecule has 0 aromatic heterocycles. The molecule has 5 nitrogen and oxygen atoms in total. The first-order chi connectivity index (χ1) is 6.31. The number of rotatable bonds is 1. The van der Waals surface area contributed by atoms with Crippen LogP contribution in [0.1, 0.15) is 6.92 Å². The van der Waals surface area contributed by atoms with E-state index < -0.39 is 6.23 Å². The lowest BCUT2D eigenvalue weighted by molar-refractivity contribution is -0.387. The Morgan fingerprint density at radius 1 is 1.62 bits per heavy atom. The van der Waals surface area contributed by atoms with E-state index >= 15 is 0 Å². The van der Waals surface area contributed by atoms with Gasteiger partial charge in [-0.25, -0.2) is 14.6 Å². The molecule has 1 amide bonds. The van der Waals surface area contributed by atoms with Crippen molar-refractivity contribution in [1.29, 1.82) is 0 Å². The summed E-state index contributed by atoms with van der Waals surface area (Å²) in [7, 11) is 0. The van der Waals surface area contributed by atoms with Gasteiger partial charge in [-0.2, -0.15) is 0 Å². The number of amides is 1. The fraction of sp³-hybridized carbons (Fsp3) is 0.625. The van der Waals surface area contributed by atoms with Crippen molar-refractivity contribution >= 4 is 6.09 Å². The number of hydrogen-bond donors (Lipinski definition) is 0. The van der Waals surface area contributed by atoms with E-state index in [1.807, 2.05) is 6.08 Å². The van der Waals surface area contributed by atoms with Crippen molar-refractivity contribution in [1.82, 2.24) is 4.90 Å². The van der Waals surface area contributed by atoms with Crippen LogP contribution in [-0.4, -0.2) is 36.5 Å². The minimum atomic E-state index is -0.427. The minimum Gasteiger partial charge on any atom is -0.450 e. The second-order valence-electron chi connectivity index (χ2n) is 2.86. The molecule has 72 valence electrons. The number of nitrogens with zero attached hydrogens (tertiary/aromatic N) is 1. The maximum absolute atomic E-state index is 11.3. The van der Waals surface area contributed by atoms with Gasteiger partial charge in [-0.15, -0.1) is 0 Å². The standard InChI is InChI=1S/C8H11NO4/c1-2-11-8(10)9-5-6-3-4-7(9)13-12-6/h3-4,6-7H,2,5H2,1H3. The summed E-state index contributed by atoms with van der Waals surface area (Å²) in [5.41, 5.74) is 0. The predicted molar refractivity (Wildman–Crippen MR) is 42.6 cm³/mol. The molecule has 13 heavy (non-hydrogen) atoms. The maximum atomic E-state index is 11.3. The van der Waals surface area contributed by atoms with Gasteiger partial charge >= 0.3 is 6.09 Å². The molecule has 0 aliphatic carbocycles. The Balaban J connectivity index is 2.02. The van der Waals surface area contributed by atoms with Gasteiger partial charge in [0, 0.05) is 0 Å². The van der Waals surface area contributed by atoms with Crippen LogP contribution < -0.4 is 0 Å². The molecule has 5 heteroatoms. The highest BCUT2D eigenvalue weighted by atomic mass is 17.2. The van der Waals surface area contributed by atoms with E-state index in [-0.39, 0.29) is 12.2 Å². The molecular weight excluding hydrogens is 174 g/mol. The molecule has 3 aliphatic rings. The van der Waals surface area contributed by atoms with E-state index in [4.69, 9.17) is 14.5 Å². The zero-order chi connectivity index (χ0) is 9.26. The number of carbonyl (C=O) groups excluding carboxylic acids is 1. The summed E-state index contributed by atoms with van der Waals surface area (Å²) in [6, 6.07) is 0. The van der Waals surface area contributed by atoms with Gasteiger partial charge in [-0.1, -0.05) is 6.08 Å². The van der Waals surface area contributed by atoms with E-state index in [0.29, 0.717) is 13.2 Å². The average Bonchev–Trinajstić information content (AvgIpc) is 2.20. The van der Waals surface area contributed by atoms with Crippen LogP contribution in [0.5, 0.6) is 0 Å². The Morgan fingerprint density at radius 3 is 2.92 bits per heavy atom. The molecule has 0 aromatic rings. The van der Waals surface area contributed by atoms with Crippen LogP contribution in [0.15, 0.2) is 12.2 Å². The van der Waals surface area contributed by atoms with Crippen LogP contribution in [0.3, 0.4) is 0 Å². The van der Waals surface area contributed by atoms with Gasteiger partial charge in [0.15, 0.2) is 6.23 Å². The Morgan fingerprint density at radius 2 is 2.46 bits per heavy atom. The summed E-state index contributed by atoms with van der Waals surface area (Å²) in [4.78, 5) is 22.6. The zero-order valence-electron chi connectivity index (χ0n) is 7.30. The topological polar surface area (TPSA) is 48.0 Å². The largest absolute Gasteiger partial charge is 0.450 e. The monoisotopic (exact) mass is 185 g/mol. The van der Waals surface area contributed by atoms with Crippen molar-refractivity contribution in [2.75, 3.05) is 13.2 Å². The highest BCUT2D eigenvalue weighted by Gasteiger charge is 2.36. The summed E-state index contributed by atoms with van der Waals surface area (Å²) in [5.74, 6) is 0. The number of carbonyl (C=O) groups is 1. The molecule has 2 bridgehead atoms. The molecule has 0 spiro atoms. The first kappa shape index (κ1) is 8.52.